The van der Waals surface area contributed by atoms with Crippen molar-refractivity contribution in [1.29, 1.82) is 0 Å². The van der Waals surface area contributed by atoms with Crippen molar-refractivity contribution in [2.75, 3.05) is 13.1 Å². The third kappa shape index (κ3) is 2.01. The Balaban J connectivity index is 2.71. The van der Waals surface area contributed by atoms with E-state index in [-0.39, 0.29) is 6.42 Å². The van der Waals surface area contributed by atoms with Crippen molar-refractivity contribution in [3.05, 3.63) is 0 Å². The van der Waals surface area contributed by atoms with Crippen molar-refractivity contribution in [1.82, 2.24) is 4.90 Å². The molecule has 0 atom stereocenters. The first-order chi connectivity index (χ1) is 5.76. The lowest BCUT2D eigenvalue weighted by atomic mass is 9.80. The van der Waals surface area contributed by atoms with Crippen LogP contribution in [0.1, 0.15) is 34.1 Å². The number of nitrogens with zero attached hydrogens (tertiary/aromatic N) is 1. The van der Waals surface area contributed by atoms with E-state index in [1.807, 2.05) is 0 Å². The highest BCUT2D eigenvalue weighted by Gasteiger charge is 2.50. The lowest BCUT2D eigenvalue weighted by molar-refractivity contribution is -0.154. The predicted molar refractivity (Wildman–Crippen MR) is 50.1 cm³/mol. The SMILES string of the molecule is CC(C)N1CCC(F)(F)C(C)(C)C1. The zero-order valence-electron chi connectivity index (χ0n) is 8.90. The van der Waals surface area contributed by atoms with Gasteiger partial charge in [-0.3, -0.25) is 4.90 Å². The molecule has 0 aromatic rings. The minimum absolute atomic E-state index is 0.00181. The van der Waals surface area contributed by atoms with Crippen LogP contribution in [-0.2, 0) is 0 Å². The van der Waals surface area contributed by atoms with E-state index in [9.17, 15) is 8.78 Å². The highest BCUT2D eigenvalue weighted by Crippen LogP contribution is 2.43. The molecule has 1 aliphatic heterocycles. The van der Waals surface area contributed by atoms with Gasteiger partial charge in [0.2, 0.25) is 0 Å². The molecule has 78 valence electrons. The Labute approximate surface area is 79.1 Å². The molecule has 1 nitrogen and oxygen atoms in total. The van der Waals surface area contributed by atoms with Crippen LogP contribution in [-0.4, -0.2) is 30.0 Å². The number of hydrogen-bond acceptors (Lipinski definition) is 1. The molecule has 0 unspecified atom stereocenters. The molecule has 1 rings (SSSR count). The van der Waals surface area contributed by atoms with E-state index in [0.29, 0.717) is 19.1 Å². The van der Waals surface area contributed by atoms with Gasteiger partial charge in [0.05, 0.1) is 0 Å². The number of alkyl halides is 2. The van der Waals surface area contributed by atoms with Gasteiger partial charge in [0.25, 0.3) is 5.92 Å². The van der Waals surface area contributed by atoms with E-state index >= 15 is 0 Å². The Kier molecular flexibility index (Phi) is 2.68. The average molecular weight is 191 g/mol. The maximum absolute atomic E-state index is 13.4. The number of hydrogen-bond donors (Lipinski definition) is 0. The van der Waals surface area contributed by atoms with Gasteiger partial charge in [-0.05, 0) is 13.8 Å². The van der Waals surface area contributed by atoms with Crippen molar-refractivity contribution < 1.29 is 8.78 Å². The van der Waals surface area contributed by atoms with Crippen molar-refractivity contribution >= 4 is 0 Å². The van der Waals surface area contributed by atoms with E-state index in [2.05, 4.69) is 18.7 Å². The van der Waals surface area contributed by atoms with Crippen molar-refractivity contribution in [3.63, 3.8) is 0 Å². The van der Waals surface area contributed by atoms with Crippen LogP contribution >= 0.6 is 0 Å². The summed E-state index contributed by atoms with van der Waals surface area (Å²) in [6.07, 6.45) is -0.00181. The van der Waals surface area contributed by atoms with Crippen LogP contribution in [0.5, 0.6) is 0 Å². The van der Waals surface area contributed by atoms with Gasteiger partial charge in [-0.2, -0.15) is 0 Å². The normalized spacial score (nSPS) is 27.9. The summed E-state index contributed by atoms with van der Waals surface area (Å²) in [5.41, 5.74) is -0.879. The number of piperidine rings is 1. The Morgan fingerprint density at radius 1 is 1.23 bits per heavy atom. The molecule has 0 spiro atoms. The summed E-state index contributed by atoms with van der Waals surface area (Å²) in [5, 5.41) is 0. The van der Waals surface area contributed by atoms with Gasteiger partial charge in [0.15, 0.2) is 0 Å². The molecule has 13 heavy (non-hydrogen) atoms. The molecule has 0 aliphatic carbocycles. The first-order valence-corrected chi connectivity index (χ1v) is 4.88. The predicted octanol–water partition coefficient (Wildman–Crippen LogP) is 2.76. The second-order valence-electron chi connectivity index (χ2n) is 4.90. The molecule has 1 saturated heterocycles. The molecule has 3 heteroatoms. The van der Waals surface area contributed by atoms with Gasteiger partial charge in [-0.25, -0.2) is 8.78 Å². The molecular formula is C10H19F2N. The highest BCUT2D eigenvalue weighted by molar-refractivity contribution is 4.93. The summed E-state index contributed by atoms with van der Waals surface area (Å²) in [6, 6.07) is 0.371. The van der Waals surface area contributed by atoms with Gasteiger partial charge >= 0.3 is 0 Å². The average Bonchev–Trinajstić information content (AvgIpc) is 1.94. The molecule has 0 saturated carbocycles. The molecule has 0 aromatic heterocycles. The molecule has 1 heterocycles. The summed E-state index contributed by atoms with van der Waals surface area (Å²) < 4.78 is 26.8. The van der Waals surface area contributed by atoms with E-state index < -0.39 is 11.3 Å². The summed E-state index contributed by atoms with van der Waals surface area (Å²) in [7, 11) is 0. The van der Waals surface area contributed by atoms with Crippen LogP contribution in [0.3, 0.4) is 0 Å². The Morgan fingerprint density at radius 3 is 2.15 bits per heavy atom. The van der Waals surface area contributed by atoms with Gasteiger partial charge in [-0.15, -0.1) is 0 Å². The van der Waals surface area contributed by atoms with Crippen LogP contribution in [0.2, 0.25) is 0 Å². The fourth-order valence-electron chi connectivity index (χ4n) is 1.77. The van der Waals surface area contributed by atoms with Gasteiger partial charge in [0.1, 0.15) is 0 Å². The number of rotatable bonds is 1. The van der Waals surface area contributed by atoms with E-state index in [1.54, 1.807) is 13.8 Å². The Bertz CT molecular complexity index is 187. The van der Waals surface area contributed by atoms with Gasteiger partial charge < -0.3 is 0 Å². The van der Waals surface area contributed by atoms with Crippen LogP contribution in [0.15, 0.2) is 0 Å². The topological polar surface area (TPSA) is 3.24 Å². The maximum atomic E-state index is 13.4. The second kappa shape index (κ2) is 3.19. The van der Waals surface area contributed by atoms with Gasteiger partial charge in [0, 0.05) is 31.0 Å². The first-order valence-electron chi connectivity index (χ1n) is 4.88. The van der Waals surface area contributed by atoms with Crippen LogP contribution < -0.4 is 0 Å². The summed E-state index contributed by atoms with van der Waals surface area (Å²) in [4.78, 5) is 2.12. The minimum atomic E-state index is -2.50. The molecule has 0 aromatic carbocycles. The van der Waals surface area contributed by atoms with Crippen LogP contribution in [0.25, 0.3) is 0 Å². The zero-order chi connectivity index (χ0) is 10.3. The van der Waals surface area contributed by atoms with Gasteiger partial charge in [-0.1, -0.05) is 13.8 Å². The van der Waals surface area contributed by atoms with Crippen LogP contribution in [0, 0.1) is 5.41 Å². The minimum Gasteiger partial charge on any atom is -0.300 e. The standard InChI is InChI=1S/C10H19F2N/c1-8(2)13-6-5-10(11,12)9(3,4)7-13/h8H,5-7H2,1-4H3. The summed E-state index contributed by atoms with van der Waals surface area (Å²) >= 11 is 0. The molecule has 0 amide bonds. The third-order valence-corrected chi connectivity index (χ3v) is 3.03. The molecular weight excluding hydrogens is 172 g/mol. The van der Waals surface area contributed by atoms with E-state index in [0.717, 1.165) is 0 Å². The smallest absolute Gasteiger partial charge is 0.255 e. The van der Waals surface area contributed by atoms with Crippen molar-refractivity contribution in [2.24, 2.45) is 5.41 Å². The van der Waals surface area contributed by atoms with Crippen LogP contribution in [0.4, 0.5) is 8.78 Å². The fraction of sp³-hybridized carbons (Fsp3) is 1.00. The Morgan fingerprint density at radius 2 is 1.77 bits per heavy atom. The molecule has 1 fully saturated rings. The number of likely N-dealkylation sites (tertiary alicyclic amines) is 1. The largest absolute Gasteiger partial charge is 0.300 e. The van der Waals surface area contributed by atoms with Crippen molar-refractivity contribution in [3.8, 4) is 0 Å². The monoisotopic (exact) mass is 191 g/mol. The zero-order valence-corrected chi connectivity index (χ0v) is 8.90. The number of halogens is 2. The molecule has 1 aliphatic rings. The molecule has 0 bridgehead atoms. The molecule has 0 radical (unpaired) electrons. The lowest BCUT2D eigenvalue weighted by Gasteiger charge is -2.45. The summed E-state index contributed by atoms with van der Waals surface area (Å²) in [6.45, 7) is 8.44. The van der Waals surface area contributed by atoms with Crippen molar-refractivity contribution in [2.45, 2.75) is 46.1 Å². The molecule has 0 N–H and O–H groups in total. The van der Waals surface area contributed by atoms with E-state index in [1.165, 1.54) is 0 Å². The first kappa shape index (κ1) is 10.9. The third-order valence-electron chi connectivity index (χ3n) is 3.03. The highest BCUT2D eigenvalue weighted by atomic mass is 19.3. The van der Waals surface area contributed by atoms with E-state index in [4.69, 9.17) is 0 Å². The fourth-order valence-corrected chi connectivity index (χ4v) is 1.77. The quantitative estimate of drug-likeness (QED) is 0.616. The summed E-state index contributed by atoms with van der Waals surface area (Å²) in [5.74, 6) is -2.50. The second-order valence-corrected chi connectivity index (χ2v) is 4.90. The Hall–Kier alpha value is -0.180. The maximum Gasteiger partial charge on any atom is 0.255 e. The lowest BCUT2D eigenvalue weighted by Crippen LogP contribution is -2.54.